The van der Waals surface area contributed by atoms with Crippen LogP contribution in [0.4, 0.5) is 4.79 Å². The number of carboxylic acid groups (broad SMARTS) is 1. The molecule has 1 heterocycles. The van der Waals surface area contributed by atoms with Crippen LogP contribution in [-0.2, 0) is 0 Å². The molecule has 0 aromatic heterocycles. The van der Waals surface area contributed by atoms with E-state index in [1.54, 1.807) is 4.90 Å². The molecule has 2 unspecified atom stereocenters. The highest BCUT2D eigenvalue weighted by atomic mass is 16.4. The van der Waals surface area contributed by atoms with Gasteiger partial charge in [0.2, 0.25) is 0 Å². The molecule has 0 aromatic rings. The summed E-state index contributed by atoms with van der Waals surface area (Å²) >= 11 is 0. The third-order valence-electron chi connectivity index (χ3n) is 3.66. The van der Waals surface area contributed by atoms with Crippen molar-refractivity contribution in [1.29, 1.82) is 0 Å². The smallest absolute Gasteiger partial charge is 0.407 e. The van der Waals surface area contributed by atoms with E-state index in [0.717, 1.165) is 32.1 Å². The fraction of sp³-hybridized carbons (Fsp3) is 0.917. The van der Waals surface area contributed by atoms with Gasteiger partial charge in [0.1, 0.15) is 0 Å². The summed E-state index contributed by atoms with van der Waals surface area (Å²) in [6, 6.07) is 0. The zero-order valence-electron chi connectivity index (χ0n) is 10.4. The summed E-state index contributed by atoms with van der Waals surface area (Å²) in [6.07, 6.45) is 4.27. The van der Waals surface area contributed by atoms with Crippen LogP contribution in [0.2, 0.25) is 0 Å². The first-order chi connectivity index (χ1) is 7.53. The summed E-state index contributed by atoms with van der Waals surface area (Å²) in [4.78, 5) is 12.8. The van der Waals surface area contributed by atoms with E-state index in [2.05, 4.69) is 13.8 Å². The molecule has 0 aliphatic carbocycles. The molecule has 2 atom stereocenters. The van der Waals surface area contributed by atoms with E-state index in [0.29, 0.717) is 19.0 Å². The van der Waals surface area contributed by atoms with Crippen LogP contribution in [0.15, 0.2) is 0 Å². The minimum atomic E-state index is -0.772. The van der Waals surface area contributed by atoms with Crippen molar-refractivity contribution in [1.82, 2.24) is 4.90 Å². The van der Waals surface area contributed by atoms with Crippen LogP contribution in [0.1, 0.15) is 46.0 Å². The van der Waals surface area contributed by atoms with E-state index < -0.39 is 6.09 Å². The first kappa shape index (κ1) is 13.3. The molecule has 0 spiro atoms. The molecule has 0 saturated carbocycles. The molecule has 1 rings (SSSR count). The summed E-state index contributed by atoms with van der Waals surface area (Å²) in [5, 5.41) is 9.22. The van der Waals surface area contributed by atoms with E-state index >= 15 is 0 Å². The number of nitrogens with zero attached hydrogens (tertiary/aromatic N) is 1. The van der Waals surface area contributed by atoms with Gasteiger partial charge in [0.25, 0.3) is 0 Å². The summed E-state index contributed by atoms with van der Waals surface area (Å²) in [5.41, 5.74) is 5.34. The molecule has 1 amide bonds. The summed E-state index contributed by atoms with van der Waals surface area (Å²) in [7, 11) is 0. The predicted octanol–water partition coefficient (Wildman–Crippen LogP) is 2.28. The lowest BCUT2D eigenvalue weighted by molar-refractivity contribution is 0.105. The van der Waals surface area contributed by atoms with Crippen LogP contribution in [0, 0.1) is 5.92 Å². The first-order valence-electron chi connectivity index (χ1n) is 6.24. The fourth-order valence-corrected chi connectivity index (χ4v) is 2.96. The van der Waals surface area contributed by atoms with Crippen molar-refractivity contribution in [3.63, 3.8) is 0 Å². The first-order valence-corrected chi connectivity index (χ1v) is 6.24. The second kappa shape index (κ2) is 5.53. The SMILES string of the molecule is CCCC1(C)CC(CCCN)CN1C(=O)O. The maximum Gasteiger partial charge on any atom is 0.407 e. The largest absolute Gasteiger partial charge is 0.465 e. The number of likely N-dealkylation sites (tertiary alicyclic amines) is 1. The van der Waals surface area contributed by atoms with Gasteiger partial charge in [-0.25, -0.2) is 4.79 Å². The molecule has 3 N–H and O–H groups in total. The van der Waals surface area contributed by atoms with Gasteiger partial charge in [-0.15, -0.1) is 0 Å². The highest BCUT2D eigenvalue weighted by Crippen LogP contribution is 2.38. The van der Waals surface area contributed by atoms with Crippen LogP contribution < -0.4 is 5.73 Å². The maximum atomic E-state index is 11.2. The molecule has 1 aliphatic heterocycles. The number of carbonyl (C=O) groups is 1. The molecular formula is C12H24N2O2. The van der Waals surface area contributed by atoms with Gasteiger partial charge >= 0.3 is 6.09 Å². The van der Waals surface area contributed by atoms with Gasteiger partial charge in [0.05, 0.1) is 0 Å². The van der Waals surface area contributed by atoms with Crippen LogP contribution in [0.3, 0.4) is 0 Å². The van der Waals surface area contributed by atoms with Crippen LogP contribution in [-0.4, -0.2) is 34.7 Å². The Morgan fingerprint density at radius 1 is 1.62 bits per heavy atom. The van der Waals surface area contributed by atoms with Gasteiger partial charge in [0.15, 0.2) is 0 Å². The van der Waals surface area contributed by atoms with Crippen molar-refractivity contribution in [3.8, 4) is 0 Å². The van der Waals surface area contributed by atoms with E-state index in [9.17, 15) is 9.90 Å². The molecule has 4 heteroatoms. The van der Waals surface area contributed by atoms with Crippen LogP contribution in [0.5, 0.6) is 0 Å². The lowest BCUT2D eigenvalue weighted by Gasteiger charge is -2.32. The van der Waals surface area contributed by atoms with Gasteiger partial charge in [-0.1, -0.05) is 13.3 Å². The monoisotopic (exact) mass is 228 g/mol. The third-order valence-corrected chi connectivity index (χ3v) is 3.66. The number of hydrogen-bond acceptors (Lipinski definition) is 2. The average Bonchev–Trinajstić information content (AvgIpc) is 2.53. The topological polar surface area (TPSA) is 66.6 Å². The van der Waals surface area contributed by atoms with Crippen LogP contribution >= 0.6 is 0 Å². The van der Waals surface area contributed by atoms with Crippen molar-refractivity contribution >= 4 is 6.09 Å². The normalized spacial score (nSPS) is 29.7. The Labute approximate surface area is 97.8 Å². The minimum Gasteiger partial charge on any atom is -0.465 e. The summed E-state index contributed by atoms with van der Waals surface area (Å²) < 4.78 is 0. The molecule has 16 heavy (non-hydrogen) atoms. The van der Waals surface area contributed by atoms with Crippen molar-refractivity contribution in [2.45, 2.75) is 51.5 Å². The number of rotatable bonds is 5. The Balaban J connectivity index is 2.64. The zero-order valence-corrected chi connectivity index (χ0v) is 10.4. The van der Waals surface area contributed by atoms with Crippen molar-refractivity contribution in [2.75, 3.05) is 13.1 Å². The second-order valence-corrected chi connectivity index (χ2v) is 5.14. The Morgan fingerprint density at radius 3 is 2.81 bits per heavy atom. The molecule has 1 aliphatic rings. The predicted molar refractivity (Wildman–Crippen MR) is 64.4 cm³/mol. The fourth-order valence-electron chi connectivity index (χ4n) is 2.96. The van der Waals surface area contributed by atoms with Crippen molar-refractivity contribution in [3.05, 3.63) is 0 Å². The Kier molecular flexibility index (Phi) is 4.59. The van der Waals surface area contributed by atoms with E-state index in [4.69, 9.17) is 5.73 Å². The molecule has 1 saturated heterocycles. The minimum absolute atomic E-state index is 0.153. The van der Waals surface area contributed by atoms with Crippen LogP contribution in [0.25, 0.3) is 0 Å². The summed E-state index contributed by atoms with van der Waals surface area (Å²) in [6.45, 7) is 5.57. The summed E-state index contributed by atoms with van der Waals surface area (Å²) in [5.74, 6) is 0.496. The molecule has 94 valence electrons. The van der Waals surface area contributed by atoms with E-state index in [1.807, 2.05) is 0 Å². The van der Waals surface area contributed by atoms with Gasteiger partial charge < -0.3 is 15.7 Å². The molecule has 0 aromatic carbocycles. The number of hydrogen-bond donors (Lipinski definition) is 2. The Morgan fingerprint density at radius 2 is 2.31 bits per heavy atom. The van der Waals surface area contributed by atoms with Gasteiger partial charge in [-0.05, 0) is 45.1 Å². The molecule has 4 nitrogen and oxygen atoms in total. The quantitative estimate of drug-likeness (QED) is 0.758. The highest BCUT2D eigenvalue weighted by Gasteiger charge is 2.43. The van der Waals surface area contributed by atoms with Crippen molar-refractivity contribution in [2.24, 2.45) is 11.7 Å². The standard InChI is InChI=1S/C12H24N2O2/c1-3-6-12(2)8-10(5-4-7-13)9-14(12)11(15)16/h10H,3-9,13H2,1-2H3,(H,15,16). The van der Waals surface area contributed by atoms with Crippen molar-refractivity contribution < 1.29 is 9.90 Å². The Bertz CT molecular complexity index is 245. The zero-order chi connectivity index (χ0) is 12.2. The van der Waals surface area contributed by atoms with Gasteiger partial charge in [0, 0.05) is 12.1 Å². The molecule has 0 bridgehead atoms. The average molecular weight is 228 g/mol. The Hall–Kier alpha value is -0.770. The number of amides is 1. The molecule has 1 fully saturated rings. The lowest BCUT2D eigenvalue weighted by atomic mass is 9.88. The van der Waals surface area contributed by atoms with E-state index in [-0.39, 0.29) is 5.54 Å². The number of nitrogens with two attached hydrogens (primary N) is 1. The second-order valence-electron chi connectivity index (χ2n) is 5.14. The van der Waals surface area contributed by atoms with E-state index in [1.165, 1.54) is 0 Å². The highest BCUT2D eigenvalue weighted by molar-refractivity contribution is 5.66. The molecular weight excluding hydrogens is 204 g/mol. The molecule has 0 radical (unpaired) electrons. The van der Waals surface area contributed by atoms with Gasteiger partial charge in [-0.3, -0.25) is 0 Å². The third kappa shape index (κ3) is 2.88. The lowest BCUT2D eigenvalue weighted by Crippen LogP contribution is -2.44. The van der Waals surface area contributed by atoms with Gasteiger partial charge in [-0.2, -0.15) is 0 Å². The maximum absolute atomic E-state index is 11.2.